The molecule has 1 N–H and O–H groups in total. The minimum Gasteiger partial charge on any atom is -0.313 e. The monoisotopic (exact) mass is 286 g/mol. The van der Waals surface area contributed by atoms with E-state index in [2.05, 4.69) is 10.4 Å². The van der Waals surface area contributed by atoms with E-state index < -0.39 is 10.0 Å². The number of likely N-dealkylation sites (N-methyl/N-ethyl adjacent to an activating group) is 1. The van der Waals surface area contributed by atoms with Gasteiger partial charge in [-0.25, -0.2) is 8.42 Å². The highest BCUT2D eigenvalue weighted by molar-refractivity contribution is 7.89. The zero-order valence-corrected chi connectivity index (χ0v) is 12.4. The van der Waals surface area contributed by atoms with Gasteiger partial charge in [-0.1, -0.05) is 13.3 Å². The summed E-state index contributed by atoms with van der Waals surface area (Å²) in [7, 11) is -1.70. The van der Waals surface area contributed by atoms with E-state index in [1.165, 1.54) is 28.0 Å². The molecule has 0 amide bonds. The van der Waals surface area contributed by atoms with Gasteiger partial charge in [-0.2, -0.15) is 9.40 Å². The first-order chi connectivity index (χ1) is 9.04. The van der Waals surface area contributed by atoms with Crippen LogP contribution in [-0.4, -0.2) is 48.2 Å². The molecule has 0 radical (unpaired) electrons. The Morgan fingerprint density at radius 2 is 2.32 bits per heavy atom. The normalized spacial score (nSPS) is 20.9. The number of nitrogens with zero attached hydrogens (tertiary/aromatic N) is 3. The molecule has 0 bridgehead atoms. The molecule has 0 saturated carbocycles. The fourth-order valence-electron chi connectivity index (χ4n) is 2.40. The summed E-state index contributed by atoms with van der Waals surface area (Å²) in [6.45, 7) is 3.87. The molecule has 1 aliphatic heterocycles. The fraction of sp³-hybridized carbons (Fsp3) is 0.750. The highest BCUT2D eigenvalue weighted by atomic mass is 32.2. The molecule has 1 saturated heterocycles. The summed E-state index contributed by atoms with van der Waals surface area (Å²) < 4.78 is 28.0. The van der Waals surface area contributed by atoms with E-state index in [0.717, 1.165) is 13.0 Å². The van der Waals surface area contributed by atoms with Crippen LogP contribution in [0.25, 0.3) is 0 Å². The summed E-state index contributed by atoms with van der Waals surface area (Å²) in [4.78, 5) is 0.271. The van der Waals surface area contributed by atoms with E-state index in [9.17, 15) is 8.42 Å². The Kier molecular flexibility index (Phi) is 4.59. The van der Waals surface area contributed by atoms with Crippen LogP contribution in [0.5, 0.6) is 0 Å². The molecule has 0 aliphatic carbocycles. The van der Waals surface area contributed by atoms with Gasteiger partial charge in [0.2, 0.25) is 10.0 Å². The summed E-state index contributed by atoms with van der Waals surface area (Å²) in [5, 5.41) is 7.33. The predicted molar refractivity (Wildman–Crippen MR) is 73.3 cm³/mol. The average molecular weight is 286 g/mol. The van der Waals surface area contributed by atoms with Crippen LogP contribution in [0.3, 0.4) is 0 Å². The quantitative estimate of drug-likeness (QED) is 0.859. The second-order valence-electron chi connectivity index (χ2n) is 4.95. The standard InChI is InChI=1S/C12H22N4O2S/c1-3-16(9-11-6-4-5-7-13-11)19(17,18)12-8-14-15(2)10-12/h8,10-11,13H,3-7,9H2,1-2H3. The number of aryl methyl sites for hydroxylation is 1. The Labute approximate surface area is 114 Å². The molecule has 2 rings (SSSR count). The van der Waals surface area contributed by atoms with Gasteiger partial charge in [-0.15, -0.1) is 0 Å². The Morgan fingerprint density at radius 3 is 2.84 bits per heavy atom. The molecule has 1 aliphatic rings. The van der Waals surface area contributed by atoms with Gasteiger partial charge in [0.05, 0.1) is 6.20 Å². The summed E-state index contributed by atoms with van der Waals surface area (Å²) >= 11 is 0. The van der Waals surface area contributed by atoms with Crippen LogP contribution in [0.1, 0.15) is 26.2 Å². The highest BCUT2D eigenvalue weighted by Crippen LogP contribution is 2.17. The van der Waals surface area contributed by atoms with Crippen LogP contribution >= 0.6 is 0 Å². The van der Waals surface area contributed by atoms with Gasteiger partial charge in [-0.05, 0) is 19.4 Å². The number of aromatic nitrogens is 2. The predicted octanol–water partition coefficient (Wildman–Crippen LogP) is 0.573. The average Bonchev–Trinajstić information content (AvgIpc) is 2.84. The lowest BCUT2D eigenvalue weighted by Gasteiger charge is -2.29. The van der Waals surface area contributed by atoms with Crippen LogP contribution < -0.4 is 5.32 Å². The number of hydrogen-bond donors (Lipinski definition) is 1. The van der Waals surface area contributed by atoms with Crippen molar-refractivity contribution in [2.75, 3.05) is 19.6 Å². The number of nitrogens with one attached hydrogen (secondary N) is 1. The molecule has 2 heterocycles. The van der Waals surface area contributed by atoms with E-state index >= 15 is 0 Å². The second-order valence-corrected chi connectivity index (χ2v) is 6.89. The van der Waals surface area contributed by atoms with Crippen molar-refractivity contribution in [3.8, 4) is 0 Å². The van der Waals surface area contributed by atoms with Gasteiger partial charge in [0.15, 0.2) is 0 Å². The van der Waals surface area contributed by atoms with E-state index in [0.29, 0.717) is 13.1 Å². The molecule has 1 aromatic heterocycles. The molecule has 1 fully saturated rings. The maximum atomic E-state index is 12.5. The van der Waals surface area contributed by atoms with Gasteiger partial charge in [-0.3, -0.25) is 4.68 Å². The molecular formula is C12H22N4O2S. The van der Waals surface area contributed by atoms with Crippen molar-refractivity contribution in [2.24, 2.45) is 7.05 Å². The lowest BCUT2D eigenvalue weighted by Crippen LogP contribution is -2.45. The lowest BCUT2D eigenvalue weighted by atomic mass is 10.1. The molecule has 0 aromatic carbocycles. The molecule has 0 spiro atoms. The van der Waals surface area contributed by atoms with E-state index in [1.807, 2.05) is 6.92 Å². The minimum absolute atomic E-state index is 0.264. The van der Waals surface area contributed by atoms with Crippen LogP contribution in [0.15, 0.2) is 17.3 Å². The Morgan fingerprint density at radius 1 is 1.53 bits per heavy atom. The maximum Gasteiger partial charge on any atom is 0.246 e. The van der Waals surface area contributed by atoms with Crippen LogP contribution in [-0.2, 0) is 17.1 Å². The van der Waals surface area contributed by atoms with Crippen molar-refractivity contribution in [3.63, 3.8) is 0 Å². The third-order valence-electron chi connectivity index (χ3n) is 3.51. The summed E-state index contributed by atoms with van der Waals surface area (Å²) in [5.41, 5.74) is 0. The molecule has 108 valence electrons. The molecule has 1 unspecified atom stereocenters. The van der Waals surface area contributed by atoms with Gasteiger partial charge in [0.25, 0.3) is 0 Å². The molecule has 1 atom stereocenters. The minimum atomic E-state index is -3.42. The Balaban J connectivity index is 2.11. The van der Waals surface area contributed by atoms with Crippen molar-refractivity contribution < 1.29 is 8.42 Å². The zero-order valence-electron chi connectivity index (χ0n) is 11.5. The SMILES string of the molecule is CCN(CC1CCCCN1)S(=O)(=O)c1cnn(C)c1. The second kappa shape index (κ2) is 6.02. The number of piperidine rings is 1. The third-order valence-corrected chi connectivity index (χ3v) is 5.40. The number of sulfonamides is 1. The Bertz CT molecular complexity index is 506. The lowest BCUT2D eigenvalue weighted by molar-refractivity contribution is 0.319. The van der Waals surface area contributed by atoms with E-state index in [4.69, 9.17) is 0 Å². The Hall–Kier alpha value is -0.920. The van der Waals surface area contributed by atoms with Crippen molar-refractivity contribution in [2.45, 2.75) is 37.1 Å². The third kappa shape index (κ3) is 3.34. The van der Waals surface area contributed by atoms with Gasteiger partial charge in [0.1, 0.15) is 4.90 Å². The van der Waals surface area contributed by atoms with Gasteiger partial charge in [0, 0.05) is 32.4 Å². The topological polar surface area (TPSA) is 67.2 Å². The number of hydrogen-bond acceptors (Lipinski definition) is 4. The van der Waals surface area contributed by atoms with Crippen molar-refractivity contribution in [1.29, 1.82) is 0 Å². The van der Waals surface area contributed by atoms with Gasteiger partial charge >= 0.3 is 0 Å². The highest BCUT2D eigenvalue weighted by Gasteiger charge is 2.27. The first kappa shape index (κ1) is 14.5. The van der Waals surface area contributed by atoms with Crippen LogP contribution in [0.2, 0.25) is 0 Å². The zero-order chi connectivity index (χ0) is 13.9. The van der Waals surface area contributed by atoms with Crippen LogP contribution in [0.4, 0.5) is 0 Å². The first-order valence-corrected chi connectivity index (χ1v) is 8.20. The fourth-order valence-corrected chi connectivity index (χ4v) is 3.88. The van der Waals surface area contributed by atoms with E-state index in [1.54, 1.807) is 13.2 Å². The van der Waals surface area contributed by atoms with Crippen molar-refractivity contribution in [3.05, 3.63) is 12.4 Å². The summed E-state index contributed by atoms with van der Waals surface area (Å²) in [6.07, 6.45) is 6.35. The molecular weight excluding hydrogens is 264 g/mol. The van der Waals surface area contributed by atoms with Crippen LogP contribution in [0, 0.1) is 0 Å². The largest absolute Gasteiger partial charge is 0.313 e. The number of rotatable bonds is 5. The summed E-state index contributed by atoms with van der Waals surface area (Å²) in [5.74, 6) is 0. The van der Waals surface area contributed by atoms with E-state index in [-0.39, 0.29) is 10.9 Å². The van der Waals surface area contributed by atoms with Gasteiger partial charge < -0.3 is 5.32 Å². The summed E-state index contributed by atoms with van der Waals surface area (Å²) in [6, 6.07) is 0.264. The first-order valence-electron chi connectivity index (χ1n) is 6.76. The molecule has 1 aromatic rings. The smallest absolute Gasteiger partial charge is 0.246 e. The maximum absolute atomic E-state index is 12.5. The molecule has 7 heteroatoms. The van der Waals surface area contributed by atoms with Crippen molar-refractivity contribution in [1.82, 2.24) is 19.4 Å². The molecule has 19 heavy (non-hydrogen) atoms. The van der Waals surface area contributed by atoms with Crippen molar-refractivity contribution >= 4 is 10.0 Å². The molecule has 6 nitrogen and oxygen atoms in total.